The number of nitrogens with two attached hydrogens (primary N) is 2. The molecule has 0 bridgehead atoms. The Morgan fingerprint density at radius 3 is 2.00 bits per heavy atom. The fourth-order valence-electron chi connectivity index (χ4n) is 2.00. The quantitative estimate of drug-likeness (QED) is 0.345. The van der Waals surface area contributed by atoms with Crippen molar-refractivity contribution in [2.75, 3.05) is 6.61 Å². The minimum atomic E-state index is -0.691. The second-order valence-electron chi connectivity index (χ2n) is 8.34. The average Bonchev–Trinajstić information content (AvgIpc) is 2.36. The topological polar surface area (TPSA) is 92.1 Å². The van der Waals surface area contributed by atoms with Crippen LogP contribution < -0.4 is 11.6 Å². The van der Waals surface area contributed by atoms with E-state index in [1.807, 2.05) is 27.7 Å². The highest BCUT2D eigenvalue weighted by Crippen LogP contribution is 2.38. The predicted molar refractivity (Wildman–Crippen MR) is 95.1 cm³/mol. The van der Waals surface area contributed by atoms with Crippen molar-refractivity contribution in [1.82, 2.24) is 0 Å². The number of hydrogen-bond donors (Lipinski definition) is 2. The third-order valence-corrected chi connectivity index (χ3v) is 4.65. The SMILES string of the molecule is C=NC(C)(C)OC(N)CC(C)(C)C(C)(C)OCCC(C)(C)ON. The first-order valence-corrected chi connectivity index (χ1v) is 8.11. The smallest absolute Gasteiger partial charge is 0.154 e. The van der Waals surface area contributed by atoms with E-state index in [0.717, 1.165) is 0 Å². The second-order valence-corrected chi connectivity index (χ2v) is 8.34. The molecule has 138 valence electrons. The van der Waals surface area contributed by atoms with Gasteiger partial charge in [0.15, 0.2) is 5.72 Å². The largest absolute Gasteiger partial charge is 0.375 e. The van der Waals surface area contributed by atoms with Crippen LogP contribution in [-0.4, -0.2) is 36.5 Å². The highest BCUT2D eigenvalue weighted by molar-refractivity contribution is 5.24. The maximum atomic E-state index is 6.14. The minimum absolute atomic E-state index is 0.197. The van der Waals surface area contributed by atoms with Crippen LogP contribution in [0, 0.1) is 5.41 Å². The molecule has 0 aromatic rings. The molecule has 0 spiro atoms. The van der Waals surface area contributed by atoms with Crippen LogP contribution in [0.4, 0.5) is 0 Å². The van der Waals surface area contributed by atoms with Gasteiger partial charge in [0.25, 0.3) is 0 Å². The summed E-state index contributed by atoms with van der Waals surface area (Å²) < 4.78 is 11.9. The lowest BCUT2D eigenvalue weighted by Gasteiger charge is -2.43. The van der Waals surface area contributed by atoms with Crippen molar-refractivity contribution in [1.29, 1.82) is 0 Å². The van der Waals surface area contributed by atoms with E-state index in [2.05, 4.69) is 39.4 Å². The summed E-state index contributed by atoms with van der Waals surface area (Å²) in [5.74, 6) is 5.28. The van der Waals surface area contributed by atoms with Crippen molar-refractivity contribution >= 4 is 6.72 Å². The maximum absolute atomic E-state index is 6.14. The van der Waals surface area contributed by atoms with E-state index >= 15 is 0 Å². The Balaban J connectivity index is 4.67. The molecule has 0 radical (unpaired) electrons. The monoisotopic (exact) mass is 331 g/mol. The molecule has 0 fully saturated rings. The highest BCUT2D eigenvalue weighted by Gasteiger charge is 2.40. The van der Waals surface area contributed by atoms with Crippen LogP contribution in [0.2, 0.25) is 0 Å². The average molecular weight is 332 g/mol. The molecule has 0 saturated carbocycles. The third kappa shape index (κ3) is 7.72. The van der Waals surface area contributed by atoms with Gasteiger partial charge in [-0.1, -0.05) is 13.8 Å². The Kier molecular flexibility index (Phi) is 7.85. The van der Waals surface area contributed by atoms with Crippen molar-refractivity contribution in [3.63, 3.8) is 0 Å². The van der Waals surface area contributed by atoms with Gasteiger partial charge in [-0.2, -0.15) is 0 Å². The molecule has 6 nitrogen and oxygen atoms in total. The van der Waals surface area contributed by atoms with Crippen LogP contribution in [0.25, 0.3) is 0 Å². The molecule has 0 amide bonds. The summed E-state index contributed by atoms with van der Waals surface area (Å²) in [6, 6.07) is 0. The van der Waals surface area contributed by atoms with Gasteiger partial charge >= 0.3 is 0 Å². The molecule has 0 aliphatic carbocycles. The molecule has 0 heterocycles. The predicted octanol–water partition coefficient (Wildman–Crippen LogP) is 3.00. The van der Waals surface area contributed by atoms with Gasteiger partial charge in [0, 0.05) is 6.42 Å². The van der Waals surface area contributed by atoms with Gasteiger partial charge in [0.1, 0.15) is 6.23 Å². The zero-order valence-electron chi connectivity index (χ0n) is 16.2. The Labute approximate surface area is 141 Å². The third-order valence-electron chi connectivity index (χ3n) is 4.65. The van der Waals surface area contributed by atoms with E-state index in [1.165, 1.54) is 0 Å². The van der Waals surface area contributed by atoms with Gasteiger partial charge in [-0.15, -0.1) is 0 Å². The second kappa shape index (κ2) is 8.03. The van der Waals surface area contributed by atoms with Gasteiger partial charge in [-0.25, -0.2) is 5.90 Å². The molecule has 0 aromatic heterocycles. The summed E-state index contributed by atoms with van der Waals surface area (Å²) >= 11 is 0. The van der Waals surface area contributed by atoms with E-state index in [4.69, 9.17) is 25.9 Å². The first kappa shape index (κ1) is 22.5. The van der Waals surface area contributed by atoms with E-state index in [9.17, 15) is 0 Å². The van der Waals surface area contributed by atoms with Crippen molar-refractivity contribution in [3.05, 3.63) is 0 Å². The van der Waals surface area contributed by atoms with E-state index in [0.29, 0.717) is 19.4 Å². The normalized spacial score (nSPS) is 15.6. The Morgan fingerprint density at radius 1 is 1.04 bits per heavy atom. The standard InChI is InChI=1S/C17H37N3O3/c1-14(2,12-13(18)22-17(7,8)20-9)16(5,6)21-11-10-15(3,4)23-19/h13H,9-12,18-19H2,1-8H3. The van der Waals surface area contributed by atoms with Gasteiger partial charge in [-0.05, 0) is 60.1 Å². The fraction of sp³-hybridized carbons (Fsp3) is 0.941. The molecule has 0 saturated heterocycles. The number of hydrogen-bond acceptors (Lipinski definition) is 6. The summed E-state index contributed by atoms with van der Waals surface area (Å²) in [5.41, 5.74) is 4.46. The Bertz CT molecular complexity index is 379. The molecular formula is C17H37N3O3. The minimum Gasteiger partial charge on any atom is -0.375 e. The number of rotatable bonds is 11. The van der Waals surface area contributed by atoms with Crippen LogP contribution in [0.1, 0.15) is 68.2 Å². The van der Waals surface area contributed by atoms with Gasteiger partial charge < -0.3 is 15.2 Å². The van der Waals surface area contributed by atoms with Crippen LogP contribution in [0.3, 0.4) is 0 Å². The molecule has 0 rings (SSSR count). The Morgan fingerprint density at radius 2 is 1.57 bits per heavy atom. The molecule has 0 aliphatic rings. The molecule has 1 atom stereocenters. The first-order valence-electron chi connectivity index (χ1n) is 8.11. The summed E-state index contributed by atoms with van der Waals surface area (Å²) in [6.07, 6.45) is 0.895. The van der Waals surface area contributed by atoms with Crippen LogP contribution in [0.5, 0.6) is 0 Å². The molecule has 1 unspecified atom stereocenters. The summed E-state index contributed by atoms with van der Waals surface area (Å²) in [5, 5.41) is 0. The lowest BCUT2D eigenvalue weighted by atomic mass is 9.74. The van der Waals surface area contributed by atoms with E-state index in [1.54, 1.807) is 0 Å². The molecule has 0 aliphatic heterocycles. The van der Waals surface area contributed by atoms with Crippen molar-refractivity contribution in [3.8, 4) is 0 Å². The summed E-state index contributed by atoms with van der Waals surface area (Å²) in [4.78, 5) is 8.86. The molecule has 4 N–H and O–H groups in total. The van der Waals surface area contributed by atoms with E-state index in [-0.39, 0.29) is 11.0 Å². The summed E-state index contributed by atoms with van der Waals surface area (Å²) in [6.45, 7) is 20.0. The van der Waals surface area contributed by atoms with Crippen LogP contribution in [-0.2, 0) is 14.3 Å². The number of nitrogens with zero attached hydrogens (tertiary/aromatic N) is 1. The van der Waals surface area contributed by atoms with Gasteiger partial charge in [0.2, 0.25) is 0 Å². The van der Waals surface area contributed by atoms with Crippen molar-refractivity contribution < 1.29 is 14.3 Å². The van der Waals surface area contributed by atoms with Crippen LogP contribution >= 0.6 is 0 Å². The Hall–Kier alpha value is -0.530. The zero-order chi connectivity index (χ0) is 18.5. The van der Waals surface area contributed by atoms with E-state index < -0.39 is 17.6 Å². The molecule has 6 heteroatoms. The lowest BCUT2D eigenvalue weighted by Crippen LogP contribution is -2.47. The van der Waals surface area contributed by atoms with Gasteiger partial charge in [0.05, 0.1) is 17.8 Å². The highest BCUT2D eigenvalue weighted by atomic mass is 16.6. The summed E-state index contributed by atoms with van der Waals surface area (Å²) in [7, 11) is 0. The zero-order valence-corrected chi connectivity index (χ0v) is 16.2. The molecule has 0 aromatic carbocycles. The fourth-order valence-corrected chi connectivity index (χ4v) is 2.00. The first-order chi connectivity index (χ1) is 10.2. The van der Waals surface area contributed by atoms with Crippen molar-refractivity contribution in [2.24, 2.45) is 22.0 Å². The van der Waals surface area contributed by atoms with Crippen molar-refractivity contribution in [2.45, 2.75) is 91.4 Å². The lowest BCUT2D eigenvalue weighted by molar-refractivity contribution is -0.144. The molecular weight excluding hydrogens is 294 g/mol. The molecule has 23 heavy (non-hydrogen) atoms. The number of ether oxygens (including phenoxy) is 2. The van der Waals surface area contributed by atoms with Gasteiger partial charge in [-0.3, -0.25) is 9.83 Å². The number of aliphatic imine (C=N–C) groups is 1. The maximum Gasteiger partial charge on any atom is 0.154 e. The van der Waals surface area contributed by atoms with Crippen LogP contribution in [0.15, 0.2) is 4.99 Å².